The Balaban J connectivity index is 1.84. The third kappa shape index (κ3) is 3.48. The molecule has 110 valence electrons. The zero-order valence-electron chi connectivity index (χ0n) is 12.2. The smallest absolute Gasteiger partial charge is 0.222 e. The summed E-state index contributed by atoms with van der Waals surface area (Å²) in [6, 6.07) is 0. The SMILES string of the molecule is CC(C)C[C@H](CN)CC(=O)N1CC2CCC(O)C2C1. The number of likely N-dealkylation sites (tertiary alicyclic amines) is 1. The van der Waals surface area contributed by atoms with Gasteiger partial charge in [-0.1, -0.05) is 13.8 Å². The van der Waals surface area contributed by atoms with Gasteiger partial charge in [-0.3, -0.25) is 4.79 Å². The molecule has 0 bridgehead atoms. The number of hydrogen-bond acceptors (Lipinski definition) is 3. The van der Waals surface area contributed by atoms with Crippen LogP contribution >= 0.6 is 0 Å². The van der Waals surface area contributed by atoms with E-state index >= 15 is 0 Å². The topological polar surface area (TPSA) is 66.6 Å². The van der Waals surface area contributed by atoms with Crippen molar-refractivity contribution >= 4 is 5.91 Å². The molecule has 1 saturated carbocycles. The second kappa shape index (κ2) is 6.23. The lowest BCUT2D eigenvalue weighted by Crippen LogP contribution is -2.33. The monoisotopic (exact) mass is 268 g/mol. The molecule has 1 aliphatic heterocycles. The van der Waals surface area contributed by atoms with Crippen molar-refractivity contribution < 1.29 is 9.90 Å². The van der Waals surface area contributed by atoms with E-state index in [1.165, 1.54) is 0 Å². The van der Waals surface area contributed by atoms with E-state index < -0.39 is 0 Å². The molecule has 2 rings (SSSR count). The number of fused-ring (bicyclic) bond motifs is 1. The Kier molecular flexibility index (Phi) is 4.85. The largest absolute Gasteiger partial charge is 0.393 e. The predicted molar refractivity (Wildman–Crippen MR) is 75.4 cm³/mol. The van der Waals surface area contributed by atoms with E-state index in [0.717, 1.165) is 32.4 Å². The maximum Gasteiger partial charge on any atom is 0.222 e. The number of aliphatic hydroxyl groups is 1. The Labute approximate surface area is 116 Å². The summed E-state index contributed by atoms with van der Waals surface area (Å²) in [7, 11) is 0. The normalized spacial score (nSPS) is 31.8. The maximum atomic E-state index is 12.3. The summed E-state index contributed by atoms with van der Waals surface area (Å²) in [6.45, 7) is 6.53. The van der Waals surface area contributed by atoms with Crippen LogP contribution in [0.15, 0.2) is 0 Å². The molecular weight excluding hydrogens is 240 g/mol. The lowest BCUT2D eigenvalue weighted by atomic mass is 9.94. The molecule has 0 spiro atoms. The third-order valence-corrected chi connectivity index (χ3v) is 4.77. The first-order valence-corrected chi connectivity index (χ1v) is 7.67. The van der Waals surface area contributed by atoms with Gasteiger partial charge in [0.05, 0.1) is 6.10 Å². The van der Waals surface area contributed by atoms with Gasteiger partial charge in [0.15, 0.2) is 0 Å². The Morgan fingerprint density at radius 2 is 2.11 bits per heavy atom. The van der Waals surface area contributed by atoms with E-state index in [4.69, 9.17) is 5.73 Å². The number of rotatable bonds is 5. The van der Waals surface area contributed by atoms with Gasteiger partial charge < -0.3 is 15.7 Å². The highest BCUT2D eigenvalue weighted by atomic mass is 16.3. The summed E-state index contributed by atoms with van der Waals surface area (Å²) < 4.78 is 0. The second-order valence-corrected chi connectivity index (χ2v) is 6.80. The minimum Gasteiger partial charge on any atom is -0.393 e. The molecular formula is C15H28N2O2. The molecule has 3 N–H and O–H groups in total. The Hall–Kier alpha value is -0.610. The maximum absolute atomic E-state index is 12.3. The first-order valence-electron chi connectivity index (χ1n) is 7.67. The lowest BCUT2D eigenvalue weighted by Gasteiger charge is -2.22. The van der Waals surface area contributed by atoms with Crippen LogP contribution < -0.4 is 5.73 Å². The van der Waals surface area contributed by atoms with Gasteiger partial charge in [-0.15, -0.1) is 0 Å². The number of carbonyl (C=O) groups is 1. The molecule has 1 saturated heterocycles. The number of aliphatic hydroxyl groups excluding tert-OH is 1. The zero-order valence-corrected chi connectivity index (χ0v) is 12.2. The number of carbonyl (C=O) groups excluding carboxylic acids is 1. The van der Waals surface area contributed by atoms with Gasteiger partial charge in [-0.2, -0.15) is 0 Å². The van der Waals surface area contributed by atoms with Crippen LogP contribution in [0.25, 0.3) is 0 Å². The Morgan fingerprint density at radius 1 is 1.37 bits per heavy atom. The van der Waals surface area contributed by atoms with E-state index in [0.29, 0.717) is 36.6 Å². The van der Waals surface area contributed by atoms with Crippen LogP contribution in [-0.4, -0.2) is 41.7 Å². The summed E-state index contributed by atoms with van der Waals surface area (Å²) in [5.41, 5.74) is 5.77. The fraction of sp³-hybridized carbons (Fsp3) is 0.933. The van der Waals surface area contributed by atoms with Crippen LogP contribution in [-0.2, 0) is 4.79 Å². The van der Waals surface area contributed by atoms with Crippen molar-refractivity contribution in [3.05, 3.63) is 0 Å². The zero-order chi connectivity index (χ0) is 14.0. The average Bonchev–Trinajstić information content (AvgIpc) is 2.90. The molecule has 3 unspecified atom stereocenters. The van der Waals surface area contributed by atoms with Crippen LogP contribution in [0.4, 0.5) is 0 Å². The van der Waals surface area contributed by atoms with Crippen LogP contribution in [0.2, 0.25) is 0 Å². The molecule has 0 aromatic heterocycles. The van der Waals surface area contributed by atoms with Crippen LogP contribution in [0.1, 0.15) is 39.5 Å². The van der Waals surface area contributed by atoms with E-state index in [-0.39, 0.29) is 12.0 Å². The molecule has 1 amide bonds. The first kappa shape index (κ1) is 14.8. The second-order valence-electron chi connectivity index (χ2n) is 6.80. The van der Waals surface area contributed by atoms with E-state index in [1.807, 2.05) is 4.90 Å². The summed E-state index contributed by atoms with van der Waals surface area (Å²) in [6.07, 6.45) is 3.39. The molecule has 2 fully saturated rings. The van der Waals surface area contributed by atoms with Gasteiger partial charge in [0.1, 0.15) is 0 Å². The summed E-state index contributed by atoms with van der Waals surface area (Å²) in [5, 5.41) is 9.89. The van der Waals surface area contributed by atoms with Gasteiger partial charge in [0.2, 0.25) is 5.91 Å². The van der Waals surface area contributed by atoms with Crippen molar-refractivity contribution in [2.24, 2.45) is 29.4 Å². The minimum absolute atomic E-state index is 0.191. The van der Waals surface area contributed by atoms with Gasteiger partial charge in [-0.05, 0) is 43.6 Å². The van der Waals surface area contributed by atoms with Gasteiger partial charge in [0, 0.05) is 25.4 Å². The predicted octanol–water partition coefficient (Wildman–Crippen LogP) is 1.23. The highest BCUT2D eigenvalue weighted by molar-refractivity contribution is 5.76. The van der Waals surface area contributed by atoms with Crippen LogP contribution in [0, 0.1) is 23.7 Å². The highest BCUT2D eigenvalue weighted by Crippen LogP contribution is 2.38. The van der Waals surface area contributed by atoms with Gasteiger partial charge >= 0.3 is 0 Å². The number of hydrogen-bond donors (Lipinski definition) is 2. The Morgan fingerprint density at radius 3 is 2.68 bits per heavy atom. The van der Waals surface area contributed by atoms with Crippen molar-refractivity contribution in [2.45, 2.75) is 45.6 Å². The molecule has 0 radical (unpaired) electrons. The summed E-state index contributed by atoms with van der Waals surface area (Å²) in [4.78, 5) is 14.3. The van der Waals surface area contributed by atoms with Crippen LogP contribution in [0.3, 0.4) is 0 Å². The summed E-state index contributed by atoms with van der Waals surface area (Å²) >= 11 is 0. The molecule has 0 aromatic carbocycles. The van der Waals surface area contributed by atoms with E-state index in [9.17, 15) is 9.90 Å². The average molecular weight is 268 g/mol. The lowest BCUT2D eigenvalue weighted by molar-refractivity contribution is -0.131. The van der Waals surface area contributed by atoms with E-state index in [1.54, 1.807) is 0 Å². The Bertz CT molecular complexity index is 319. The fourth-order valence-electron chi connectivity index (χ4n) is 3.75. The van der Waals surface area contributed by atoms with Crippen molar-refractivity contribution in [1.29, 1.82) is 0 Å². The van der Waals surface area contributed by atoms with Crippen molar-refractivity contribution in [3.63, 3.8) is 0 Å². The molecule has 1 aliphatic carbocycles. The summed E-state index contributed by atoms with van der Waals surface area (Å²) in [5.74, 6) is 1.97. The first-order chi connectivity index (χ1) is 9.01. The number of nitrogens with zero attached hydrogens (tertiary/aromatic N) is 1. The number of nitrogens with two attached hydrogens (primary N) is 1. The van der Waals surface area contributed by atoms with Gasteiger partial charge in [0.25, 0.3) is 0 Å². The molecule has 19 heavy (non-hydrogen) atoms. The molecule has 2 aliphatic rings. The molecule has 0 aromatic rings. The fourth-order valence-corrected chi connectivity index (χ4v) is 3.75. The van der Waals surface area contributed by atoms with Crippen molar-refractivity contribution in [1.82, 2.24) is 4.90 Å². The van der Waals surface area contributed by atoms with Crippen molar-refractivity contribution in [2.75, 3.05) is 19.6 Å². The molecule has 1 heterocycles. The standard InChI is InChI=1S/C15H28N2O2/c1-10(2)5-11(7-16)6-15(19)17-8-12-3-4-14(18)13(12)9-17/h10-14,18H,3-9,16H2,1-2H3/t11-,12?,13?,14?/m0/s1. The van der Waals surface area contributed by atoms with Crippen molar-refractivity contribution in [3.8, 4) is 0 Å². The number of amides is 1. The third-order valence-electron chi connectivity index (χ3n) is 4.77. The molecule has 4 nitrogen and oxygen atoms in total. The minimum atomic E-state index is -0.191. The molecule has 4 atom stereocenters. The van der Waals surface area contributed by atoms with Gasteiger partial charge in [-0.25, -0.2) is 0 Å². The molecule has 4 heteroatoms. The highest BCUT2D eigenvalue weighted by Gasteiger charge is 2.43. The van der Waals surface area contributed by atoms with E-state index in [2.05, 4.69) is 13.8 Å². The van der Waals surface area contributed by atoms with Crippen LogP contribution in [0.5, 0.6) is 0 Å². The quantitative estimate of drug-likeness (QED) is 0.788.